The summed E-state index contributed by atoms with van der Waals surface area (Å²) in [5.41, 5.74) is 6.50. The molecule has 4 aromatic carbocycles. The highest BCUT2D eigenvalue weighted by atomic mass is 16.5. The summed E-state index contributed by atoms with van der Waals surface area (Å²) in [7, 11) is 4.08. The van der Waals surface area contributed by atoms with Gasteiger partial charge in [-0.2, -0.15) is 0 Å². The van der Waals surface area contributed by atoms with E-state index in [0.717, 1.165) is 82.3 Å². The van der Waals surface area contributed by atoms with E-state index in [1.54, 1.807) is 11.8 Å². The molecule has 4 heterocycles. The first-order valence-electron chi connectivity index (χ1n) is 21.8. The summed E-state index contributed by atoms with van der Waals surface area (Å²) in [4.78, 5) is 72.7. The minimum atomic E-state index is -0.892. The number of carbonyl (C=O) groups is 4. The number of aromatic amines is 2. The minimum Gasteiger partial charge on any atom is -0.453 e. The van der Waals surface area contributed by atoms with Gasteiger partial charge in [-0.15, -0.1) is 0 Å². The van der Waals surface area contributed by atoms with Crippen molar-refractivity contribution in [3.8, 4) is 33.6 Å². The number of nitrogens with zero attached hydrogens (tertiary/aromatic N) is 4. The highest BCUT2D eigenvalue weighted by Gasteiger charge is 2.52. The third kappa shape index (κ3) is 8.18. The van der Waals surface area contributed by atoms with Crippen LogP contribution in [0.4, 0.5) is 9.59 Å². The molecule has 2 aromatic heterocycles. The van der Waals surface area contributed by atoms with Crippen LogP contribution in [-0.2, 0) is 23.8 Å². The van der Waals surface area contributed by atoms with Crippen molar-refractivity contribution >= 4 is 34.8 Å². The molecule has 1 unspecified atom stereocenters. The van der Waals surface area contributed by atoms with E-state index >= 15 is 0 Å². The molecule has 6 aromatic rings. The molecule has 2 aliphatic heterocycles. The van der Waals surface area contributed by atoms with Gasteiger partial charge in [0.2, 0.25) is 5.91 Å². The van der Waals surface area contributed by atoms with Gasteiger partial charge < -0.3 is 44.6 Å². The van der Waals surface area contributed by atoms with Crippen LogP contribution in [0.25, 0.3) is 44.4 Å². The minimum absolute atomic E-state index is 0.0685. The van der Waals surface area contributed by atoms with Gasteiger partial charge >= 0.3 is 12.2 Å². The normalized spacial score (nSPS) is 20.5. The fraction of sp³-hybridized carbons (Fsp3) is 0.347. The molecule has 15 heteroatoms. The van der Waals surface area contributed by atoms with Crippen LogP contribution in [0.3, 0.4) is 0 Å². The highest BCUT2D eigenvalue weighted by molar-refractivity contribution is 5.91. The molecular weight excluding hydrogens is 813 g/mol. The number of benzene rings is 4. The number of methoxy groups -OCH3 is 3. The van der Waals surface area contributed by atoms with Crippen molar-refractivity contribution in [2.75, 3.05) is 27.9 Å². The largest absolute Gasteiger partial charge is 0.453 e. The predicted molar refractivity (Wildman–Crippen MR) is 239 cm³/mol. The fourth-order valence-electron chi connectivity index (χ4n) is 9.83. The first-order chi connectivity index (χ1) is 31.1. The summed E-state index contributed by atoms with van der Waals surface area (Å²) in [6.45, 7) is 2.31. The lowest BCUT2D eigenvalue weighted by Gasteiger charge is -2.37. The molecule has 3 aliphatic rings. The van der Waals surface area contributed by atoms with E-state index in [1.165, 1.54) is 21.3 Å². The van der Waals surface area contributed by atoms with E-state index in [9.17, 15) is 19.2 Å². The number of hydrogen-bond acceptors (Lipinski definition) is 9. The summed E-state index contributed by atoms with van der Waals surface area (Å²) in [6.07, 6.45) is 6.12. The van der Waals surface area contributed by atoms with Crippen LogP contribution in [0.1, 0.15) is 74.4 Å². The number of alkyl carbamates (subject to hydrolysis) is 2. The van der Waals surface area contributed by atoms with Crippen molar-refractivity contribution in [2.45, 2.75) is 75.3 Å². The maximum absolute atomic E-state index is 14.0. The summed E-state index contributed by atoms with van der Waals surface area (Å²) < 4.78 is 15.1. The summed E-state index contributed by atoms with van der Waals surface area (Å²) in [6, 6.07) is 28.1. The monoisotopic (exact) mass is 864 g/mol. The molecule has 7 atom stereocenters. The maximum atomic E-state index is 14.0. The number of amides is 4. The second-order valence-corrected chi connectivity index (χ2v) is 16.9. The van der Waals surface area contributed by atoms with Crippen molar-refractivity contribution in [3.63, 3.8) is 0 Å². The van der Waals surface area contributed by atoms with Gasteiger partial charge in [0.1, 0.15) is 23.7 Å². The molecule has 1 saturated carbocycles. The third-order valence-electron chi connectivity index (χ3n) is 13.2. The smallest absolute Gasteiger partial charge is 0.407 e. The average Bonchev–Trinajstić information content (AvgIpc) is 4.21. The number of ether oxygens (including phenoxy) is 3. The van der Waals surface area contributed by atoms with E-state index in [0.29, 0.717) is 17.9 Å². The zero-order chi connectivity index (χ0) is 44.5. The van der Waals surface area contributed by atoms with Crippen LogP contribution in [0.5, 0.6) is 0 Å². The topological polar surface area (TPSA) is 184 Å². The molecule has 3 fully saturated rings. The quantitative estimate of drug-likeness (QED) is 0.0952. The molecule has 15 nitrogen and oxygen atoms in total. The molecule has 0 spiro atoms. The summed E-state index contributed by atoms with van der Waals surface area (Å²) in [5, 5.41) is 7.58. The predicted octanol–water partition coefficient (Wildman–Crippen LogP) is 7.86. The Labute approximate surface area is 370 Å². The first kappa shape index (κ1) is 42.3. The van der Waals surface area contributed by atoms with Gasteiger partial charge in [-0.25, -0.2) is 19.6 Å². The molecule has 2 saturated heterocycles. The van der Waals surface area contributed by atoms with Crippen molar-refractivity contribution in [2.24, 2.45) is 5.92 Å². The first-order valence-corrected chi connectivity index (χ1v) is 21.8. The third-order valence-corrected chi connectivity index (χ3v) is 13.2. The zero-order valence-electron chi connectivity index (χ0n) is 36.2. The number of nitrogens with one attached hydrogen (secondary N) is 4. The molecular formula is C49H52N8O7. The number of piperidine rings is 1. The molecule has 64 heavy (non-hydrogen) atoms. The number of carbonyl (C=O) groups excluding carboxylic acids is 4. The molecule has 330 valence electrons. The summed E-state index contributed by atoms with van der Waals surface area (Å²) in [5.74, 6) is 1.29. The van der Waals surface area contributed by atoms with E-state index in [2.05, 4.69) is 81.3 Å². The number of likely N-dealkylation sites (tertiary alicyclic amines) is 2. The van der Waals surface area contributed by atoms with Crippen molar-refractivity contribution in [3.05, 3.63) is 121 Å². The lowest BCUT2D eigenvalue weighted by atomic mass is 9.96. The van der Waals surface area contributed by atoms with Gasteiger partial charge in [-0.1, -0.05) is 78.9 Å². The van der Waals surface area contributed by atoms with Crippen LogP contribution in [-0.4, -0.2) is 99.8 Å². The number of fused-ring (bicyclic) bond motifs is 3. The van der Waals surface area contributed by atoms with Gasteiger partial charge in [0.05, 0.1) is 56.2 Å². The van der Waals surface area contributed by atoms with Crippen LogP contribution >= 0.6 is 0 Å². The fourth-order valence-corrected chi connectivity index (χ4v) is 9.83. The van der Waals surface area contributed by atoms with Crippen LogP contribution in [0.2, 0.25) is 0 Å². The lowest BCUT2D eigenvalue weighted by Crippen LogP contribution is -2.56. The van der Waals surface area contributed by atoms with Gasteiger partial charge in [0, 0.05) is 25.3 Å². The highest BCUT2D eigenvalue weighted by Crippen LogP contribution is 2.50. The Balaban J connectivity index is 0.886. The second-order valence-electron chi connectivity index (χ2n) is 16.9. The van der Waals surface area contributed by atoms with Crippen LogP contribution < -0.4 is 10.6 Å². The zero-order valence-corrected chi connectivity index (χ0v) is 36.2. The van der Waals surface area contributed by atoms with E-state index in [1.807, 2.05) is 47.6 Å². The molecule has 0 radical (unpaired) electrons. The Morgan fingerprint density at radius 1 is 0.703 bits per heavy atom. The van der Waals surface area contributed by atoms with Crippen LogP contribution in [0, 0.1) is 5.92 Å². The van der Waals surface area contributed by atoms with Gasteiger partial charge in [-0.3, -0.25) is 9.59 Å². The number of rotatable bonds is 12. The van der Waals surface area contributed by atoms with Crippen LogP contribution in [0.15, 0.2) is 103 Å². The molecule has 1 aliphatic carbocycles. The number of aromatic nitrogens is 4. The van der Waals surface area contributed by atoms with Gasteiger partial charge in [-0.05, 0) is 90.1 Å². The molecule has 2 bridgehead atoms. The molecule has 9 rings (SSSR count). The van der Waals surface area contributed by atoms with E-state index < -0.39 is 30.4 Å². The summed E-state index contributed by atoms with van der Waals surface area (Å²) >= 11 is 0. The van der Waals surface area contributed by atoms with Crippen molar-refractivity contribution < 1.29 is 33.4 Å². The lowest BCUT2D eigenvalue weighted by molar-refractivity contribution is -0.141. The second kappa shape index (κ2) is 18.0. The number of hydrogen-bond donors (Lipinski definition) is 4. The Hall–Kier alpha value is -7.00. The molecule has 4 amide bonds. The van der Waals surface area contributed by atoms with E-state index in [-0.39, 0.29) is 35.9 Å². The molecule has 4 N–H and O–H groups in total. The van der Waals surface area contributed by atoms with Gasteiger partial charge in [0.15, 0.2) is 0 Å². The SMILES string of the molecule is COC(=O)NC(C(=O)N1CCC[C@H]1c1ncc(-c2ccc3cc(-c4ccc(-c5cnc([C@@H]6[C@H]7CC[C@H](C7)N6C(=O)[C@@H](NC(=O)OC)[C@@H](C)OC)[nH]5)cc4)ccc3c2)[nH]1)c1ccccc1. The Morgan fingerprint density at radius 2 is 1.33 bits per heavy atom. The Morgan fingerprint density at radius 3 is 2.05 bits per heavy atom. The van der Waals surface area contributed by atoms with Crippen molar-refractivity contribution in [1.29, 1.82) is 0 Å². The number of H-pyrrole nitrogens is 2. The standard InChI is InChI=1S/C49H52N8O7/c1-28(62-2)41(54-48(60)63-3)47(59)57-37-21-20-36(25-37)43(57)45-51-26-38(53-45)30-14-12-29(13-15-30)32-16-17-34-24-35(19-18-33(34)23-32)39-27-50-44(52-39)40-11-8-22-56(40)46(58)42(55-49(61)64-4)31-9-6-5-7-10-31/h5-7,9-10,12-19,23-24,26-28,36-37,40-43H,8,11,20-22,25H2,1-4H3,(H,50,52)(H,51,53)(H,54,60)(H,55,61)/t28-,36+,37-,40+,41+,42?,43+/m1/s1. The van der Waals surface area contributed by atoms with Crippen molar-refractivity contribution in [1.82, 2.24) is 40.4 Å². The maximum Gasteiger partial charge on any atom is 0.407 e. The number of imidazole rings is 2. The Kier molecular flexibility index (Phi) is 11.9. The average molecular weight is 865 g/mol. The van der Waals surface area contributed by atoms with E-state index in [4.69, 9.17) is 24.2 Å². The Bertz CT molecular complexity index is 2660. The van der Waals surface area contributed by atoms with Gasteiger partial charge in [0.25, 0.3) is 5.91 Å².